The van der Waals surface area contributed by atoms with E-state index in [9.17, 15) is 44.7 Å². The molecule has 2 saturated carbocycles. The van der Waals surface area contributed by atoms with Gasteiger partial charge in [0.25, 0.3) is 0 Å². The molecule has 2 radical (unpaired) electrons. The second-order valence-corrected chi connectivity index (χ2v) is 16.4. The summed E-state index contributed by atoms with van der Waals surface area (Å²) in [5.41, 5.74) is -6.81. The Morgan fingerprint density at radius 1 is 1.04 bits per heavy atom. The fourth-order valence-corrected chi connectivity index (χ4v) is 8.72. The van der Waals surface area contributed by atoms with Gasteiger partial charge < -0.3 is 49.8 Å². The molecule has 298 valence electrons. The van der Waals surface area contributed by atoms with Gasteiger partial charge in [-0.25, -0.2) is 14.4 Å². The van der Waals surface area contributed by atoms with Crippen molar-refractivity contribution in [1.82, 2.24) is 5.32 Å². The maximum absolute atomic E-state index is 14.6. The van der Waals surface area contributed by atoms with Crippen molar-refractivity contribution in [3.8, 4) is 0 Å². The molecule has 1 heterocycles. The van der Waals surface area contributed by atoms with Gasteiger partial charge >= 0.3 is 18.0 Å². The Bertz CT molecular complexity index is 1680. The first-order valence-electron chi connectivity index (χ1n) is 18.0. The van der Waals surface area contributed by atoms with Crippen molar-refractivity contribution >= 4 is 23.8 Å². The number of alkyl carbamates (subject to hydrolysis) is 1. The Hall–Kier alpha value is -0.777. The zero-order chi connectivity index (χ0) is 39.4. The van der Waals surface area contributed by atoms with E-state index in [-0.39, 0.29) is 130 Å². The van der Waals surface area contributed by atoms with Crippen LogP contribution in [0.2, 0.25) is 0 Å². The predicted octanol–water partition coefficient (Wildman–Crippen LogP) is 2.14. The van der Waals surface area contributed by atoms with Gasteiger partial charge in [0.2, 0.25) is 0 Å². The molecule has 1 aliphatic heterocycles. The Morgan fingerprint density at radius 3 is 2.20 bits per heavy atom. The topological polar surface area (TPSA) is 218 Å². The molecule has 1 saturated heterocycles. The number of aliphatic hydroxyl groups excluding tert-OH is 3. The number of aliphatic hydroxyl groups is 5. The number of Topliss-reactive ketones (excluding diaryl/α,β-unsaturated/α-hetero) is 1. The van der Waals surface area contributed by atoms with Gasteiger partial charge in [-0.2, -0.15) is 0 Å². The van der Waals surface area contributed by atoms with Crippen LogP contribution >= 0.6 is 0 Å². The summed E-state index contributed by atoms with van der Waals surface area (Å²) in [4.78, 5) is 54.8. The van der Waals surface area contributed by atoms with Crippen molar-refractivity contribution < 1.29 is 152 Å². The molecule has 5 rings (SSSR count). The normalized spacial score (nSPS) is 34.3. The molecule has 3 aliphatic carbocycles. The van der Waals surface area contributed by atoms with E-state index >= 15 is 0 Å². The maximum atomic E-state index is 14.6. The molecule has 1 aromatic carbocycles. The smallest absolute Gasteiger partial charge is 0.407 e. The molecule has 0 aromatic heterocycles. The van der Waals surface area contributed by atoms with E-state index < -0.39 is 101 Å². The Labute approximate surface area is 393 Å². The first kappa shape index (κ1) is 48.6. The number of hydrogen-bond acceptors (Lipinski definition) is 13. The van der Waals surface area contributed by atoms with Crippen molar-refractivity contribution in [2.24, 2.45) is 22.7 Å². The minimum atomic E-state index is -2.29. The van der Waals surface area contributed by atoms with Crippen molar-refractivity contribution in [3.63, 3.8) is 0 Å². The number of nitrogens with one attached hydrogen (secondary N) is 1. The van der Waals surface area contributed by atoms with Crippen molar-refractivity contribution in [2.75, 3.05) is 13.2 Å². The SMILES string of the molecule is CC(C)=C[C@H](NC(=O)OCC(C)C)[C@@H](O)C(=O)OC1C[C@@]2(O)[C@@H](OC(=O)c3ccccc3)[C@@H]3[C@]4(O)CO[C@@H]4C[C@H](O)[C@@]3(C)C(=O)[C@H](O)C(=C1C)C2(C)C.[Ac].[Ac]. The summed E-state index contributed by atoms with van der Waals surface area (Å²) < 4.78 is 22.9. The fraction of sp³-hybridized carbons (Fsp3) is 0.641. The first-order chi connectivity index (χ1) is 24.6. The first-order valence-corrected chi connectivity index (χ1v) is 18.0. The average molecular weight is 1200 g/mol. The van der Waals surface area contributed by atoms with Crippen molar-refractivity contribution in [1.29, 1.82) is 0 Å². The minimum absolute atomic E-state index is 0. The molecular weight excluding hydrogens is 1140 g/mol. The maximum Gasteiger partial charge on any atom is 0.407 e. The van der Waals surface area contributed by atoms with Crippen LogP contribution in [0.5, 0.6) is 0 Å². The van der Waals surface area contributed by atoms with Crippen molar-refractivity contribution in [2.45, 2.75) is 122 Å². The summed E-state index contributed by atoms with van der Waals surface area (Å²) in [6.45, 7) is 12.9. The van der Waals surface area contributed by atoms with Crippen molar-refractivity contribution in [3.05, 3.63) is 58.7 Å². The van der Waals surface area contributed by atoms with Gasteiger partial charge in [0.1, 0.15) is 29.5 Å². The van der Waals surface area contributed by atoms with E-state index in [0.29, 0.717) is 5.57 Å². The number of ketones is 1. The summed E-state index contributed by atoms with van der Waals surface area (Å²) in [6, 6.07) is 6.61. The van der Waals surface area contributed by atoms with Crippen LogP contribution in [0, 0.1) is 111 Å². The van der Waals surface area contributed by atoms with Crippen LogP contribution in [-0.4, -0.2) is 116 Å². The van der Waals surface area contributed by atoms with E-state index in [4.69, 9.17) is 18.9 Å². The third-order valence-electron chi connectivity index (χ3n) is 11.8. The van der Waals surface area contributed by atoms with Gasteiger partial charge in [-0.1, -0.05) is 57.5 Å². The third kappa shape index (κ3) is 8.77. The number of amides is 1. The second kappa shape index (κ2) is 18.2. The number of ether oxygens (including phenoxy) is 4. The molecule has 16 heteroatoms. The standard InChI is InChI=1S/C39H53NO13.2Ac/c1-19(2)14-23(40-35(47)50-17-20(3)4)28(42)34(46)52-24-16-39(49)32(53-33(45)22-12-10-9-11-13-22)30-37(8,25(41)15-26-38(30,48)18-51-26)31(44)29(43)27(21(24)5)36(39,6)7;;/h9-14,20,23-26,28-30,32,41-43,48-49H,15-18H2,1-8H3,(H,40,47);;/t23-,24?,25-,26+,28+,29+,30-,32-,37+,38-,39+;;/m0../s1. The monoisotopic (exact) mass is 1200 g/mol. The molecule has 1 aromatic rings. The van der Waals surface area contributed by atoms with Crippen LogP contribution in [0.15, 0.2) is 53.1 Å². The Morgan fingerprint density at radius 2 is 1.65 bits per heavy atom. The Balaban J connectivity index is 0.00000406. The number of carbonyl (C=O) groups is 4. The molecule has 11 atom stereocenters. The number of rotatable bonds is 9. The number of fused-ring (bicyclic) bond motifs is 5. The van der Waals surface area contributed by atoms with Gasteiger partial charge in [-0.15, -0.1) is 0 Å². The summed E-state index contributed by atoms with van der Waals surface area (Å²) >= 11 is 0. The summed E-state index contributed by atoms with van der Waals surface area (Å²) in [6.07, 6.45) is -9.63. The molecule has 14 nitrogen and oxygen atoms in total. The zero-order valence-electron chi connectivity index (χ0n) is 32.6. The molecule has 4 aliphatic rings. The molecule has 1 amide bonds. The summed E-state index contributed by atoms with van der Waals surface area (Å²) in [5, 5.41) is 62.6. The number of allylic oxidation sites excluding steroid dienone is 1. The van der Waals surface area contributed by atoms with Crippen LogP contribution in [0.25, 0.3) is 0 Å². The zero-order valence-corrected chi connectivity index (χ0v) is 42.1. The number of benzene rings is 1. The van der Waals surface area contributed by atoms with Crippen LogP contribution in [-0.2, 0) is 28.5 Å². The van der Waals surface area contributed by atoms with Gasteiger partial charge in [-0.3, -0.25) is 4.79 Å². The van der Waals surface area contributed by atoms with Crippen LogP contribution in [0.4, 0.5) is 4.79 Å². The molecule has 1 unspecified atom stereocenters. The van der Waals surface area contributed by atoms with Gasteiger partial charge in [0, 0.05) is 112 Å². The van der Waals surface area contributed by atoms with Gasteiger partial charge in [-0.05, 0) is 56.9 Å². The number of hydrogen-bond donors (Lipinski definition) is 6. The second-order valence-electron chi connectivity index (χ2n) is 16.4. The van der Waals surface area contributed by atoms with E-state index in [2.05, 4.69) is 5.32 Å². The Kier molecular flexibility index (Phi) is 16.1. The van der Waals surface area contributed by atoms with Crippen LogP contribution in [0.1, 0.15) is 78.6 Å². The van der Waals surface area contributed by atoms with Gasteiger partial charge in [0.05, 0.1) is 42.4 Å². The van der Waals surface area contributed by atoms with E-state index in [0.717, 1.165) is 0 Å². The van der Waals surface area contributed by atoms with Gasteiger partial charge in [0.15, 0.2) is 11.9 Å². The molecular formula is C39H53Ac2NO13. The summed E-state index contributed by atoms with van der Waals surface area (Å²) in [5.74, 6) is -4.48. The number of carbonyl (C=O) groups excluding carboxylic acids is 4. The minimum Gasteiger partial charge on any atom is -0.456 e. The van der Waals surface area contributed by atoms with E-state index in [1.165, 1.54) is 32.1 Å². The average Bonchev–Trinajstić information content (AvgIpc) is 3.08. The predicted molar refractivity (Wildman–Crippen MR) is 188 cm³/mol. The quantitative estimate of drug-likeness (QED) is 0.119. The van der Waals surface area contributed by atoms with E-state index in [1.54, 1.807) is 45.9 Å². The third-order valence-corrected chi connectivity index (χ3v) is 11.8. The van der Waals surface area contributed by atoms with E-state index in [1.807, 2.05) is 13.8 Å². The van der Waals surface area contributed by atoms with Crippen LogP contribution < -0.4 is 5.32 Å². The molecule has 55 heavy (non-hydrogen) atoms. The summed E-state index contributed by atoms with van der Waals surface area (Å²) in [7, 11) is 0. The number of esters is 2. The largest absolute Gasteiger partial charge is 0.456 e. The molecule has 0 spiro atoms. The molecule has 6 N–H and O–H groups in total. The molecule has 3 fully saturated rings. The fourth-order valence-electron chi connectivity index (χ4n) is 8.72. The van der Waals surface area contributed by atoms with Crippen LogP contribution in [0.3, 0.4) is 0 Å². The molecule has 2 bridgehead atoms.